The zero-order chi connectivity index (χ0) is 48.9. The molecule has 0 bridgehead atoms. The van der Waals surface area contributed by atoms with Crippen LogP contribution in [0.3, 0.4) is 0 Å². The zero-order valence-corrected chi connectivity index (χ0v) is 43.1. The fourth-order valence-corrected chi connectivity index (χ4v) is 12.8. The molecule has 0 saturated carbocycles. The number of benzene rings is 8. The van der Waals surface area contributed by atoms with Crippen molar-refractivity contribution in [3.63, 3.8) is 0 Å². The predicted octanol–water partition coefficient (Wildman–Crippen LogP) is 16.8. The molecule has 10 aromatic rings. The number of rotatable bonds is 6. The first-order valence-electron chi connectivity index (χ1n) is 25.9. The average Bonchev–Trinajstić information content (AvgIpc) is 3.88. The van der Waals surface area contributed by atoms with Gasteiger partial charge < -0.3 is 19.2 Å². The van der Waals surface area contributed by atoms with Crippen molar-refractivity contribution >= 4 is 90.4 Å². The smallest absolute Gasteiger partial charge is 0.197 e. The minimum atomic E-state index is 0.0276. The Morgan fingerprint density at radius 1 is 0.521 bits per heavy atom. The van der Waals surface area contributed by atoms with Crippen molar-refractivity contribution in [3.8, 4) is 16.8 Å². The lowest BCUT2D eigenvalue weighted by molar-refractivity contribution is 0.332. The van der Waals surface area contributed by atoms with E-state index in [2.05, 4.69) is 237 Å². The van der Waals surface area contributed by atoms with E-state index in [0.717, 1.165) is 81.8 Å². The molecule has 2 aromatic heterocycles. The van der Waals surface area contributed by atoms with Crippen LogP contribution < -0.4 is 21.1 Å². The maximum Gasteiger partial charge on any atom is 0.197 e. The van der Waals surface area contributed by atoms with Crippen molar-refractivity contribution in [2.24, 2.45) is 0 Å². The average molecular weight is 925 g/mol. The summed E-state index contributed by atoms with van der Waals surface area (Å²) in [5.74, 6) is 0. The lowest BCUT2D eigenvalue weighted by atomic mass is 9.58. The summed E-state index contributed by atoms with van der Waals surface area (Å²) in [6.07, 6.45) is 4.60. The summed E-state index contributed by atoms with van der Waals surface area (Å²) in [6, 6.07) is 55.0. The van der Waals surface area contributed by atoms with E-state index in [0.29, 0.717) is 0 Å². The van der Waals surface area contributed by atoms with Crippen LogP contribution in [-0.4, -0.2) is 11.8 Å². The molecule has 1 radical (unpaired) electrons. The molecule has 3 heterocycles. The third-order valence-electron chi connectivity index (χ3n) is 17.2. The van der Waals surface area contributed by atoms with Crippen LogP contribution in [0.15, 0.2) is 150 Å². The van der Waals surface area contributed by atoms with Crippen LogP contribution in [-0.2, 0) is 21.7 Å². The molecule has 0 amide bonds. The molecule has 8 aromatic carbocycles. The molecule has 71 heavy (non-hydrogen) atoms. The van der Waals surface area contributed by atoms with Gasteiger partial charge in [-0.15, -0.1) is 0 Å². The van der Waals surface area contributed by atoms with Crippen molar-refractivity contribution in [2.45, 2.75) is 117 Å². The Morgan fingerprint density at radius 3 is 1.68 bits per heavy atom. The highest BCUT2D eigenvalue weighted by Gasteiger charge is 2.41. The quantitative estimate of drug-likeness (QED) is 0.169. The molecule has 13 rings (SSSR count). The maximum absolute atomic E-state index is 7.02. The lowest BCUT2D eigenvalue weighted by Crippen LogP contribution is -2.37. The van der Waals surface area contributed by atoms with E-state index in [1.807, 2.05) is 0 Å². The van der Waals surface area contributed by atoms with Gasteiger partial charge in [0.15, 0.2) is 7.28 Å². The van der Waals surface area contributed by atoms with Gasteiger partial charge >= 0.3 is 0 Å². The van der Waals surface area contributed by atoms with E-state index < -0.39 is 0 Å². The minimum absolute atomic E-state index is 0.0276. The summed E-state index contributed by atoms with van der Waals surface area (Å²) in [7, 11) is 2.49. The summed E-state index contributed by atoms with van der Waals surface area (Å²) >= 11 is 0. The zero-order valence-electron chi connectivity index (χ0n) is 43.1. The normalized spacial score (nSPS) is 16.9. The fourth-order valence-electron chi connectivity index (χ4n) is 12.8. The number of aryl methyl sites for hydroxylation is 2. The predicted molar refractivity (Wildman–Crippen MR) is 303 cm³/mol. The van der Waals surface area contributed by atoms with Crippen LogP contribution >= 0.6 is 0 Å². The van der Waals surface area contributed by atoms with E-state index in [1.54, 1.807) is 0 Å². The molecule has 1 aliphatic heterocycles. The monoisotopic (exact) mass is 925 g/mol. The number of anilines is 5. The Hall–Kier alpha value is -6.98. The number of nitrogens with one attached hydrogen (secondary N) is 1. The first-order chi connectivity index (χ1) is 34.0. The Bertz CT molecular complexity index is 3790. The van der Waals surface area contributed by atoms with E-state index in [-0.39, 0.29) is 21.7 Å². The molecule has 0 unspecified atom stereocenters. The summed E-state index contributed by atoms with van der Waals surface area (Å²) in [6.45, 7) is 23.8. The summed E-state index contributed by atoms with van der Waals surface area (Å²) < 4.78 is 9.65. The number of hydrogen-bond donors (Lipinski definition) is 1. The van der Waals surface area contributed by atoms with Crippen molar-refractivity contribution in [3.05, 3.63) is 179 Å². The van der Waals surface area contributed by atoms with Crippen LogP contribution in [0.25, 0.3) is 60.6 Å². The van der Waals surface area contributed by atoms with Gasteiger partial charge in [0.1, 0.15) is 11.2 Å². The fraction of sp³-hybridized carbons (Fsp3) is 0.273. The molecule has 0 atom stereocenters. The number of furan rings is 1. The van der Waals surface area contributed by atoms with E-state index in [1.165, 1.54) is 77.2 Å². The first kappa shape index (κ1) is 44.0. The van der Waals surface area contributed by atoms with E-state index >= 15 is 0 Å². The number of aromatic nitrogens is 1. The van der Waals surface area contributed by atoms with Gasteiger partial charge in [-0.05, 0) is 173 Å². The summed E-state index contributed by atoms with van der Waals surface area (Å²) in [5, 5.41) is 8.83. The van der Waals surface area contributed by atoms with Gasteiger partial charge in [-0.25, -0.2) is 0 Å². The van der Waals surface area contributed by atoms with Crippen LogP contribution in [0.1, 0.15) is 114 Å². The Morgan fingerprint density at radius 2 is 1.06 bits per heavy atom. The van der Waals surface area contributed by atoms with Crippen molar-refractivity contribution < 1.29 is 4.42 Å². The Kier molecular flexibility index (Phi) is 9.46. The first-order valence-corrected chi connectivity index (χ1v) is 25.9. The largest absolute Gasteiger partial charge is 0.456 e. The standard InChI is InChI=1S/C66H63BN3O/c1-39-21-24-41(25-22-39)68-54-38-59-45(46-33-49-52(37-58(46)71-59)66(9,10)30-28-63(49,3)4)32-44(54)47-35-57(69(42-17-13-11-14-18-42)43-19-15-12-16-20-43)60-48-34-50-51(65(7,8)29-27-64(50,5)6)36-56(48)70-55-26-23-40(2)31-53(55)67-61(47)62(60)70/h11-26,31-38,68H,27-30H2,1-10H3. The highest BCUT2D eigenvalue weighted by Crippen LogP contribution is 2.53. The van der Waals surface area contributed by atoms with E-state index in [9.17, 15) is 0 Å². The third kappa shape index (κ3) is 6.78. The second-order valence-corrected chi connectivity index (χ2v) is 24.0. The molecule has 1 N–H and O–H groups in total. The van der Waals surface area contributed by atoms with Crippen LogP contribution in [0, 0.1) is 13.8 Å². The number of para-hydroxylation sites is 2. The molecular weight excluding hydrogens is 862 g/mol. The SMILES string of the molecule is Cc1ccc(Nc2cc3oc4cc5c(cc4c3cc2-c2cc(N(c3ccccc3)c3ccccc3)c3c4cc6c(cc4n4c3c2[B]c2cc(C)ccc2-4)C(C)(C)CCC6(C)C)C(C)(C)CCC5(C)C)cc1. The Labute approximate surface area is 420 Å². The molecular formula is C66H63BN3O. The summed E-state index contributed by atoms with van der Waals surface area (Å²) in [4.78, 5) is 2.50. The van der Waals surface area contributed by atoms with Crippen molar-refractivity contribution in [1.29, 1.82) is 0 Å². The summed E-state index contributed by atoms with van der Waals surface area (Å²) in [5.41, 5.74) is 24.1. The van der Waals surface area contributed by atoms with Gasteiger partial charge in [0.05, 0.1) is 22.4 Å². The van der Waals surface area contributed by atoms with Crippen LogP contribution in [0.5, 0.6) is 0 Å². The molecule has 5 heteroatoms. The molecule has 2 aliphatic carbocycles. The second-order valence-electron chi connectivity index (χ2n) is 24.0. The molecule has 0 saturated heterocycles. The highest BCUT2D eigenvalue weighted by atomic mass is 16.3. The highest BCUT2D eigenvalue weighted by molar-refractivity contribution is 6.73. The van der Waals surface area contributed by atoms with Crippen LogP contribution in [0.2, 0.25) is 0 Å². The second kappa shape index (κ2) is 15.3. The lowest BCUT2D eigenvalue weighted by Gasteiger charge is -2.42. The molecule has 3 aliphatic rings. The molecule has 4 nitrogen and oxygen atoms in total. The topological polar surface area (TPSA) is 33.3 Å². The minimum Gasteiger partial charge on any atom is -0.456 e. The van der Waals surface area contributed by atoms with Crippen molar-refractivity contribution in [1.82, 2.24) is 4.57 Å². The van der Waals surface area contributed by atoms with Gasteiger partial charge in [0, 0.05) is 55.9 Å². The van der Waals surface area contributed by atoms with Crippen LogP contribution in [0.4, 0.5) is 28.4 Å². The van der Waals surface area contributed by atoms with Gasteiger partial charge in [0.2, 0.25) is 0 Å². The number of nitrogens with zero attached hydrogens (tertiary/aromatic N) is 2. The van der Waals surface area contributed by atoms with Gasteiger partial charge in [-0.2, -0.15) is 0 Å². The number of fused-ring (bicyclic) bond motifs is 10. The van der Waals surface area contributed by atoms with Gasteiger partial charge in [-0.3, -0.25) is 0 Å². The molecule has 0 fully saturated rings. The molecule has 0 spiro atoms. The van der Waals surface area contributed by atoms with Gasteiger partial charge in [0.25, 0.3) is 0 Å². The number of hydrogen-bond acceptors (Lipinski definition) is 3. The van der Waals surface area contributed by atoms with Crippen molar-refractivity contribution in [2.75, 3.05) is 10.2 Å². The third-order valence-corrected chi connectivity index (χ3v) is 17.2. The Balaban J connectivity index is 1.21. The molecule has 351 valence electrons. The van der Waals surface area contributed by atoms with Gasteiger partial charge in [-0.1, -0.05) is 133 Å². The van der Waals surface area contributed by atoms with E-state index in [4.69, 9.17) is 4.42 Å². The maximum atomic E-state index is 7.02.